The van der Waals surface area contributed by atoms with Gasteiger partial charge in [-0.05, 0) is 68.7 Å². The predicted octanol–water partition coefficient (Wildman–Crippen LogP) is 4.65. The number of rotatable bonds is 9. The quantitative estimate of drug-likeness (QED) is 0.305. The van der Waals surface area contributed by atoms with Gasteiger partial charge in [-0.1, -0.05) is 43.2 Å². The Bertz CT molecular complexity index is 1290. The van der Waals surface area contributed by atoms with Crippen LogP contribution in [0.3, 0.4) is 0 Å². The van der Waals surface area contributed by atoms with Gasteiger partial charge in [0.15, 0.2) is 5.16 Å². The smallest absolute Gasteiger partial charge is 0.262 e. The Morgan fingerprint density at radius 3 is 2.55 bits per heavy atom. The minimum atomic E-state index is -0.0656. The number of furan rings is 1. The maximum Gasteiger partial charge on any atom is 0.262 e. The molecule has 2 aromatic heterocycles. The summed E-state index contributed by atoms with van der Waals surface area (Å²) in [5.41, 5.74) is 0.588. The van der Waals surface area contributed by atoms with E-state index >= 15 is 0 Å². The number of fused-ring (bicyclic) bond motifs is 1. The standard InChI is InChI=1S/C29H36N4O4S/c34-26(31-22-7-2-1-3-8-22)19-38-29-32-25-11-5-4-10-24(25)28(36)33(29)18-20-12-14-21(15-13-20)27(35)30-17-23-9-6-16-37-23/h4-6,9-11,16,20-22H,1-3,7-8,12-15,17-19H2,(H,30,35)(H,31,34). The van der Waals surface area contributed by atoms with E-state index < -0.39 is 0 Å². The number of amides is 2. The van der Waals surface area contributed by atoms with Gasteiger partial charge in [0.25, 0.3) is 5.56 Å². The maximum atomic E-state index is 13.5. The van der Waals surface area contributed by atoms with Crippen LogP contribution in [0, 0.1) is 11.8 Å². The summed E-state index contributed by atoms with van der Waals surface area (Å²) in [6.45, 7) is 0.947. The van der Waals surface area contributed by atoms with Crippen LogP contribution in [0.2, 0.25) is 0 Å². The molecule has 0 unspecified atom stereocenters. The molecule has 0 aliphatic heterocycles. The van der Waals surface area contributed by atoms with Crippen molar-refractivity contribution in [3.05, 3.63) is 58.8 Å². The van der Waals surface area contributed by atoms with Crippen LogP contribution in [0.25, 0.3) is 10.9 Å². The van der Waals surface area contributed by atoms with Crippen LogP contribution in [0.15, 0.2) is 57.0 Å². The predicted molar refractivity (Wildman–Crippen MR) is 148 cm³/mol. The van der Waals surface area contributed by atoms with E-state index in [1.807, 2.05) is 36.4 Å². The van der Waals surface area contributed by atoms with Crippen molar-refractivity contribution in [3.8, 4) is 0 Å². The molecule has 0 radical (unpaired) electrons. The average Bonchev–Trinajstić information content (AvgIpc) is 3.47. The van der Waals surface area contributed by atoms with Crippen molar-refractivity contribution in [2.45, 2.75) is 82.1 Å². The van der Waals surface area contributed by atoms with Crippen LogP contribution >= 0.6 is 11.8 Å². The maximum absolute atomic E-state index is 13.5. The molecular weight excluding hydrogens is 500 g/mol. The lowest BCUT2D eigenvalue weighted by Crippen LogP contribution is -2.37. The van der Waals surface area contributed by atoms with E-state index in [1.54, 1.807) is 10.8 Å². The first-order valence-electron chi connectivity index (χ1n) is 13.8. The molecule has 9 heteroatoms. The van der Waals surface area contributed by atoms with Crippen molar-refractivity contribution in [1.29, 1.82) is 0 Å². The van der Waals surface area contributed by atoms with Gasteiger partial charge in [0.1, 0.15) is 5.76 Å². The minimum Gasteiger partial charge on any atom is -0.467 e. The van der Waals surface area contributed by atoms with Gasteiger partial charge in [0.05, 0.1) is 29.5 Å². The fraction of sp³-hybridized carbons (Fsp3) is 0.517. The normalized spacial score (nSPS) is 20.3. The lowest BCUT2D eigenvalue weighted by Gasteiger charge is -2.28. The molecule has 1 aromatic carbocycles. The number of hydrogen-bond donors (Lipinski definition) is 2. The SMILES string of the molecule is O=C(CSc1nc2ccccc2c(=O)n1CC1CCC(C(=O)NCc2ccco2)CC1)NC1CCCCC1. The van der Waals surface area contributed by atoms with E-state index in [0.29, 0.717) is 29.1 Å². The third-order valence-electron chi connectivity index (χ3n) is 7.80. The summed E-state index contributed by atoms with van der Waals surface area (Å²) in [6, 6.07) is 11.3. The van der Waals surface area contributed by atoms with Crippen LogP contribution in [-0.4, -0.2) is 33.2 Å². The summed E-state index contributed by atoms with van der Waals surface area (Å²) >= 11 is 1.34. The number of benzene rings is 1. The molecular formula is C29H36N4O4S. The summed E-state index contributed by atoms with van der Waals surface area (Å²) < 4.78 is 7.05. The number of hydrogen-bond acceptors (Lipinski definition) is 6. The second kappa shape index (κ2) is 12.7. The number of aromatic nitrogens is 2. The first-order chi connectivity index (χ1) is 18.6. The molecule has 0 saturated heterocycles. The molecule has 2 aliphatic rings. The first-order valence-corrected chi connectivity index (χ1v) is 14.8. The van der Waals surface area contributed by atoms with Crippen LogP contribution < -0.4 is 16.2 Å². The third-order valence-corrected chi connectivity index (χ3v) is 8.78. The van der Waals surface area contributed by atoms with Crippen molar-refractivity contribution in [3.63, 3.8) is 0 Å². The Labute approximate surface area is 227 Å². The minimum absolute atomic E-state index is 0.00285. The molecule has 5 rings (SSSR count). The highest BCUT2D eigenvalue weighted by atomic mass is 32.2. The Morgan fingerprint density at radius 2 is 1.79 bits per heavy atom. The zero-order chi connectivity index (χ0) is 26.3. The van der Waals surface area contributed by atoms with Gasteiger partial charge in [-0.15, -0.1) is 0 Å². The average molecular weight is 537 g/mol. The molecule has 0 atom stereocenters. The molecule has 8 nitrogen and oxygen atoms in total. The molecule has 2 amide bonds. The first kappa shape index (κ1) is 26.5. The summed E-state index contributed by atoms with van der Waals surface area (Å²) in [5.74, 6) is 1.29. The Morgan fingerprint density at radius 1 is 1.00 bits per heavy atom. The van der Waals surface area contributed by atoms with Crippen molar-refractivity contribution >= 4 is 34.5 Å². The summed E-state index contributed by atoms with van der Waals surface area (Å²) in [5, 5.41) is 7.31. The molecule has 0 bridgehead atoms. The highest BCUT2D eigenvalue weighted by Gasteiger charge is 2.28. The molecule has 2 aliphatic carbocycles. The van der Waals surface area contributed by atoms with Gasteiger partial charge in [0.2, 0.25) is 11.8 Å². The molecule has 2 heterocycles. The molecule has 2 fully saturated rings. The van der Waals surface area contributed by atoms with E-state index in [1.165, 1.54) is 18.2 Å². The monoisotopic (exact) mass is 536 g/mol. The topological polar surface area (TPSA) is 106 Å². The number of carbonyl (C=O) groups excluding carboxylic acids is 2. The number of carbonyl (C=O) groups is 2. The van der Waals surface area contributed by atoms with Crippen molar-refractivity contribution < 1.29 is 14.0 Å². The summed E-state index contributed by atoms with van der Waals surface area (Å²) in [7, 11) is 0. The largest absolute Gasteiger partial charge is 0.467 e. The van der Waals surface area contributed by atoms with Gasteiger partial charge in [0, 0.05) is 18.5 Å². The Kier molecular flexibility index (Phi) is 8.83. The van der Waals surface area contributed by atoms with Crippen molar-refractivity contribution in [2.75, 3.05) is 5.75 Å². The molecule has 2 saturated carbocycles. The van der Waals surface area contributed by atoms with Crippen molar-refractivity contribution in [2.24, 2.45) is 11.8 Å². The lowest BCUT2D eigenvalue weighted by molar-refractivity contribution is -0.126. The Balaban J connectivity index is 1.22. The zero-order valence-electron chi connectivity index (χ0n) is 21.7. The summed E-state index contributed by atoms with van der Waals surface area (Å²) in [6.07, 6.45) is 10.6. The third kappa shape index (κ3) is 6.67. The lowest BCUT2D eigenvalue weighted by atomic mass is 9.81. The summed E-state index contributed by atoms with van der Waals surface area (Å²) in [4.78, 5) is 43.6. The molecule has 2 N–H and O–H groups in total. The molecule has 202 valence electrons. The molecule has 3 aromatic rings. The van der Waals surface area contributed by atoms with Gasteiger partial charge in [-0.2, -0.15) is 0 Å². The van der Waals surface area contributed by atoms with Crippen LogP contribution in [-0.2, 0) is 22.7 Å². The van der Waals surface area contributed by atoms with E-state index in [4.69, 9.17) is 9.40 Å². The van der Waals surface area contributed by atoms with E-state index in [0.717, 1.165) is 57.1 Å². The zero-order valence-corrected chi connectivity index (χ0v) is 22.5. The number of para-hydroxylation sites is 1. The Hall–Kier alpha value is -3.07. The van der Waals surface area contributed by atoms with Crippen molar-refractivity contribution in [1.82, 2.24) is 20.2 Å². The fourth-order valence-corrected chi connectivity index (χ4v) is 6.48. The van der Waals surface area contributed by atoms with Gasteiger partial charge in [-0.25, -0.2) is 4.98 Å². The number of thioether (sulfide) groups is 1. The van der Waals surface area contributed by atoms with Crippen LogP contribution in [0.4, 0.5) is 0 Å². The van der Waals surface area contributed by atoms with Gasteiger partial charge < -0.3 is 15.1 Å². The molecule has 38 heavy (non-hydrogen) atoms. The molecule has 0 spiro atoms. The van der Waals surface area contributed by atoms with Gasteiger partial charge >= 0.3 is 0 Å². The second-order valence-electron chi connectivity index (χ2n) is 10.5. The van der Waals surface area contributed by atoms with E-state index in [-0.39, 0.29) is 41.0 Å². The fourth-order valence-electron chi connectivity index (χ4n) is 5.66. The highest BCUT2D eigenvalue weighted by Crippen LogP contribution is 2.31. The van der Waals surface area contributed by atoms with Gasteiger partial charge in [-0.3, -0.25) is 19.0 Å². The van der Waals surface area contributed by atoms with Crippen LogP contribution in [0.5, 0.6) is 0 Å². The number of nitrogens with one attached hydrogen (secondary N) is 2. The second-order valence-corrected chi connectivity index (χ2v) is 11.5. The van der Waals surface area contributed by atoms with E-state index in [2.05, 4.69) is 10.6 Å². The van der Waals surface area contributed by atoms with Crippen LogP contribution in [0.1, 0.15) is 63.5 Å². The van der Waals surface area contributed by atoms with E-state index in [9.17, 15) is 14.4 Å². The number of nitrogens with zero attached hydrogens (tertiary/aromatic N) is 2. The highest BCUT2D eigenvalue weighted by molar-refractivity contribution is 7.99.